The van der Waals surface area contributed by atoms with E-state index in [4.69, 9.17) is 9.84 Å². The molecular formula is C24H52NO2+. The normalized spacial score (nSPS) is 12.0. The maximum atomic E-state index is 8.72. The van der Waals surface area contributed by atoms with Crippen molar-refractivity contribution in [3.05, 3.63) is 0 Å². The minimum absolute atomic E-state index is 0.132. The van der Waals surface area contributed by atoms with E-state index in [2.05, 4.69) is 21.0 Å². The quantitative estimate of drug-likeness (QED) is 0.174. The minimum atomic E-state index is 0.132. The molecule has 3 nitrogen and oxygen atoms in total. The third-order valence-electron chi connectivity index (χ3n) is 5.69. The van der Waals surface area contributed by atoms with Crippen LogP contribution >= 0.6 is 0 Å². The van der Waals surface area contributed by atoms with Gasteiger partial charge in [-0.3, -0.25) is 0 Å². The van der Waals surface area contributed by atoms with E-state index < -0.39 is 0 Å². The molecule has 0 spiro atoms. The molecular weight excluding hydrogens is 334 g/mol. The fourth-order valence-corrected chi connectivity index (χ4v) is 3.68. The molecule has 0 bridgehead atoms. The van der Waals surface area contributed by atoms with Crippen LogP contribution in [-0.2, 0) is 4.74 Å². The van der Waals surface area contributed by atoms with E-state index in [-0.39, 0.29) is 6.61 Å². The van der Waals surface area contributed by atoms with E-state index in [1.54, 1.807) is 0 Å². The van der Waals surface area contributed by atoms with Crippen molar-refractivity contribution in [3.8, 4) is 0 Å². The molecule has 1 N–H and O–H groups in total. The maximum Gasteiger partial charge on any atom is 0.102 e. The summed E-state index contributed by atoms with van der Waals surface area (Å²) in [6, 6.07) is 0. The third-order valence-corrected chi connectivity index (χ3v) is 5.69. The second-order valence-electron chi connectivity index (χ2n) is 9.02. The lowest BCUT2D eigenvalue weighted by Gasteiger charge is -2.29. The summed E-state index contributed by atoms with van der Waals surface area (Å²) >= 11 is 0. The molecule has 0 aromatic rings. The van der Waals surface area contributed by atoms with Gasteiger partial charge in [0.1, 0.15) is 6.54 Å². The summed E-state index contributed by atoms with van der Waals surface area (Å²) in [6.45, 7) is 5.93. The van der Waals surface area contributed by atoms with Gasteiger partial charge in [-0.05, 0) is 12.8 Å². The number of quaternary nitrogens is 1. The Morgan fingerprint density at radius 1 is 0.556 bits per heavy atom. The van der Waals surface area contributed by atoms with Crippen LogP contribution in [-0.4, -0.2) is 56.6 Å². The number of likely N-dealkylation sites (N-methyl/N-ethyl adjacent to an activating group) is 1. The van der Waals surface area contributed by atoms with Crippen LogP contribution < -0.4 is 0 Å². The molecule has 0 aromatic heterocycles. The minimum Gasteiger partial charge on any atom is -0.394 e. The molecule has 3 heteroatoms. The largest absolute Gasteiger partial charge is 0.394 e. The second-order valence-corrected chi connectivity index (χ2v) is 9.02. The summed E-state index contributed by atoms with van der Waals surface area (Å²) < 4.78 is 6.42. The van der Waals surface area contributed by atoms with Crippen molar-refractivity contribution < 1.29 is 14.3 Å². The smallest absolute Gasteiger partial charge is 0.102 e. The summed E-state index contributed by atoms with van der Waals surface area (Å²) in [4.78, 5) is 0. The number of aliphatic hydroxyl groups is 1. The molecule has 0 aliphatic heterocycles. The first kappa shape index (κ1) is 26.9. The Labute approximate surface area is 171 Å². The van der Waals surface area contributed by atoms with Crippen molar-refractivity contribution in [3.63, 3.8) is 0 Å². The number of rotatable bonds is 22. The highest BCUT2D eigenvalue weighted by atomic mass is 16.5. The summed E-state index contributed by atoms with van der Waals surface area (Å²) in [7, 11) is 4.57. The van der Waals surface area contributed by atoms with Gasteiger partial charge in [-0.2, -0.15) is 0 Å². The van der Waals surface area contributed by atoms with Crippen LogP contribution in [0.4, 0.5) is 0 Å². The fourth-order valence-electron chi connectivity index (χ4n) is 3.68. The molecule has 0 radical (unpaired) electrons. The first-order valence-corrected chi connectivity index (χ1v) is 12.1. The summed E-state index contributed by atoms with van der Waals surface area (Å²) in [5, 5.41) is 8.72. The van der Waals surface area contributed by atoms with E-state index in [0.29, 0.717) is 6.61 Å². The van der Waals surface area contributed by atoms with Crippen molar-refractivity contribution >= 4 is 0 Å². The predicted molar refractivity (Wildman–Crippen MR) is 119 cm³/mol. The van der Waals surface area contributed by atoms with E-state index >= 15 is 0 Å². The number of nitrogens with zero attached hydrogens (tertiary/aromatic N) is 1. The molecule has 0 fully saturated rings. The van der Waals surface area contributed by atoms with Crippen molar-refractivity contribution in [1.29, 1.82) is 0 Å². The van der Waals surface area contributed by atoms with Crippen LogP contribution in [0.3, 0.4) is 0 Å². The molecule has 0 aliphatic carbocycles. The number of aliphatic hydroxyl groups excluding tert-OH is 1. The molecule has 0 saturated carbocycles. The molecule has 0 aliphatic rings. The van der Waals surface area contributed by atoms with Crippen LogP contribution in [0, 0.1) is 0 Å². The Balaban J connectivity index is 3.20. The summed E-state index contributed by atoms with van der Waals surface area (Å²) in [6.07, 6.45) is 22.9. The van der Waals surface area contributed by atoms with Crippen molar-refractivity contribution in [2.45, 2.75) is 110 Å². The number of unbranched alkanes of at least 4 members (excludes halogenated alkanes) is 15. The molecule has 0 saturated heterocycles. The molecule has 0 atom stereocenters. The SMILES string of the molecule is CCCCCCCCCCCCCCCCCC[N+](C)(C)CCOCCO. The highest BCUT2D eigenvalue weighted by Crippen LogP contribution is 2.14. The van der Waals surface area contributed by atoms with Gasteiger partial charge >= 0.3 is 0 Å². The first-order valence-electron chi connectivity index (χ1n) is 12.1. The van der Waals surface area contributed by atoms with Crippen LogP contribution in [0.15, 0.2) is 0 Å². The lowest BCUT2D eigenvalue weighted by Crippen LogP contribution is -2.43. The lowest BCUT2D eigenvalue weighted by atomic mass is 10.0. The predicted octanol–water partition coefficient (Wildman–Crippen LogP) is 6.33. The Hall–Kier alpha value is -0.120. The fraction of sp³-hybridized carbons (Fsp3) is 1.00. The van der Waals surface area contributed by atoms with E-state index in [1.807, 2.05) is 0 Å². The molecule has 0 heterocycles. The zero-order chi connectivity index (χ0) is 20.1. The van der Waals surface area contributed by atoms with Gasteiger partial charge < -0.3 is 14.3 Å². The van der Waals surface area contributed by atoms with Crippen LogP contribution in [0.25, 0.3) is 0 Å². The first-order chi connectivity index (χ1) is 13.1. The Kier molecular flexibility index (Phi) is 20.5. The average Bonchev–Trinajstić information content (AvgIpc) is 2.65. The number of ether oxygens (including phenoxy) is 1. The maximum absolute atomic E-state index is 8.72. The van der Waals surface area contributed by atoms with Crippen molar-refractivity contribution in [1.82, 2.24) is 0 Å². The third kappa shape index (κ3) is 22.0. The van der Waals surface area contributed by atoms with Crippen LogP contribution in [0.1, 0.15) is 110 Å². The number of hydrogen-bond acceptors (Lipinski definition) is 2. The van der Waals surface area contributed by atoms with Gasteiger partial charge in [0, 0.05) is 0 Å². The summed E-state index contributed by atoms with van der Waals surface area (Å²) in [5.74, 6) is 0. The Morgan fingerprint density at radius 3 is 1.37 bits per heavy atom. The van der Waals surface area contributed by atoms with E-state index in [0.717, 1.165) is 17.6 Å². The molecule has 0 aromatic carbocycles. The van der Waals surface area contributed by atoms with Gasteiger partial charge in [-0.25, -0.2) is 0 Å². The standard InChI is InChI=1S/C24H52NO2/c1-4-5-6-7-8-9-10-11-12-13-14-15-16-17-18-19-20-25(2,3)21-23-27-24-22-26/h26H,4-24H2,1-3H3/q+1. The van der Waals surface area contributed by atoms with Gasteiger partial charge in [-0.15, -0.1) is 0 Å². The van der Waals surface area contributed by atoms with Gasteiger partial charge in [0.05, 0.1) is 40.5 Å². The highest BCUT2D eigenvalue weighted by molar-refractivity contribution is 4.50. The van der Waals surface area contributed by atoms with Gasteiger partial charge in [-0.1, -0.05) is 96.8 Å². The molecule has 164 valence electrons. The molecule has 27 heavy (non-hydrogen) atoms. The lowest BCUT2D eigenvalue weighted by molar-refractivity contribution is -0.891. The van der Waals surface area contributed by atoms with E-state index in [9.17, 15) is 0 Å². The zero-order valence-electron chi connectivity index (χ0n) is 19.2. The van der Waals surface area contributed by atoms with Crippen molar-refractivity contribution in [2.75, 3.05) is 47.0 Å². The molecule has 0 rings (SSSR count). The molecule has 0 amide bonds. The van der Waals surface area contributed by atoms with Gasteiger partial charge in [0.2, 0.25) is 0 Å². The van der Waals surface area contributed by atoms with Crippen molar-refractivity contribution in [2.24, 2.45) is 0 Å². The second kappa shape index (κ2) is 20.6. The van der Waals surface area contributed by atoms with Crippen LogP contribution in [0.5, 0.6) is 0 Å². The summed E-state index contributed by atoms with van der Waals surface area (Å²) in [5.41, 5.74) is 0. The Bertz CT molecular complexity index is 282. The number of hydrogen-bond donors (Lipinski definition) is 1. The zero-order valence-corrected chi connectivity index (χ0v) is 19.2. The Morgan fingerprint density at radius 2 is 0.963 bits per heavy atom. The van der Waals surface area contributed by atoms with Gasteiger partial charge in [0.25, 0.3) is 0 Å². The van der Waals surface area contributed by atoms with Crippen LogP contribution in [0.2, 0.25) is 0 Å². The topological polar surface area (TPSA) is 29.5 Å². The average molecular weight is 387 g/mol. The van der Waals surface area contributed by atoms with E-state index in [1.165, 1.54) is 109 Å². The monoisotopic (exact) mass is 386 g/mol. The van der Waals surface area contributed by atoms with Gasteiger partial charge in [0.15, 0.2) is 0 Å². The highest BCUT2D eigenvalue weighted by Gasteiger charge is 2.13. The molecule has 0 unspecified atom stereocenters.